The molecule has 35 heavy (non-hydrogen) atoms. The van der Waals surface area contributed by atoms with E-state index in [1.807, 2.05) is 17.9 Å². The SMILES string of the molecule is CC[C@@H]1CCCCN1CCCN1C(=O)c2cc3sccc3n2C[C@]1(C)C(=O)NC1CCCCCC1. The number of carbonyl (C=O) groups excluding carboxylic acids is 2. The van der Waals surface area contributed by atoms with Crippen molar-refractivity contribution in [1.29, 1.82) is 0 Å². The van der Waals surface area contributed by atoms with Crippen molar-refractivity contribution in [2.75, 3.05) is 19.6 Å². The molecule has 1 saturated heterocycles. The van der Waals surface area contributed by atoms with Gasteiger partial charge in [-0.25, -0.2) is 0 Å². The Bertz CT molecular complexity index is 1040. The second-order valence-corrected chi connectivity index (χ2v) is 12.1. The Morgan fingerprint density at radius 2 is 1.89 bits per heavy atom. The van der Waals surface area contributed by atoms with E-state index in [1.165, 1.54) is 51.4 Å². The number of thiophene rings is 1. The minimum atomic E-state index is -0.879. The van der Waals surface area contributed by atoms with E-state index in [9.17, 15) is 9.59 Å². The highest BCUT2D eigenvalue weighted by atomic mass is 32.1. The Balaban J connectivity index is 1.37. The number of nitrogens with one attached hydrogen (secondary N) is 1. The number of nitrogens with zero attached hydrogens (tertiary/aromatic N) is 3. The molecule has 5 rings (SSSR count). The standard InChI is InChI=1S/C28H42N4O2S/c1-3-22-13-8-9-15-30(22)16-10-17-32-26(33)24-19-25-23(14-18-35-25)31(24)20-28(32,2)27(34)29-21-11-6-4-5-7-12-21/h14,18-19,21-22H,3-13,15-17,20H2,1-2H3,(H,29,34)/t22-,28-/m1/s1. The number of carbonyl (C=O) groups is 2. The molecule has 1 N–H and O–H groups in total. The maximum absolute atomic E-state index is 13.9. The summed E-state index contributed by atoms with van der Waals surface area (Å²) in [6, 6.07) is 4.99. The molecule has 2 amide bonds. The van der Waals surface area contributed by atoms with Gasteiger partial charge in [-0.15, -0.1) is 11.3 Å². The van der Waals surface area contributed by atoms with Gasteiger partial charge in [0.2, 0.25) is 5.91 Å². The molecular formula is C28H42N4O2S. The third kappa shape index (κ3) is 4.91. The van der Waals surface area contributed by atoms with Gasteiger partial charge in [0.1, 0.15) is 11.2 Å². The van der Waals surface area contributed by atoms with Gasteiger partial charge >= 0.3 is 0 Å². The lowest BCUT2D eigenvalue weighted by Crippen LogP contribution is -2.65. The number of fused-ring (bicyclic) bond motifs is 3. The second-order valence-electron chi connectivity index (χ2n) is 11.1. The van der Waals surface area contributed by atoms with Crippen molar-refractivity contribution in [2.45, 2.75) is 109 Å². The molecule has 2 aromatic heterocycles. The topological polar surface area (TPSA) is 57.6 Å². The van der Waals surface area contributed by atoms with E-state index in [2.05, 4.69) is 33.2 Å². The molecule has 6 nitrogen and oxygen atoms in total. The van der Waals surface area contributed by atoms with Crippen molar-refractivity contribution >= 4 is 33.4 Å². The third-order valence-electron chi connectivity index (χ3n) is 8.78. The lowest BCUT2D eigenvalue weighted by Gasteiger charge is -2.45. The highest BCUT2D eigenvalue weighted by Gasteiger charge is 2.48. The molecular weight excluding hydrogens is 456 g/mol. The maximum Gasteiger partial charge on any atom is 0.271 e. The number of hydrogen-bond donors (Lipinski definition) is 1. The molecule has 0 aromatic carbocycles. The molecule has 1 saturated carbocycles. The molecule has 2 aromatic rings. The van der Waals surface area contributed by atoms with Crippen LogP contribution in [0.1, 0.15) is 95.0 Å². The van der Waals surface area contributed by atoms with Crippen molar-refractivity contribution in [3.05, 3.63) is 23.2 Å². The van der Waals surface area contributed by atoms with E-state index in [4.69, 9.17) is 0 Å². The van der Waals surface area contributed by atoms with Gasteiger partial charge in [-0.2, -0.15) is 0 Å². The van der Waals surface area contributed by atoms with Gasteiger partial charge in [0.05, 0.1) is 16.8 Å². The van der Waals surface area contributed by atoms with Crippen LogP contribution in [-0.2, 0) is 11.3 Å². The molecule has 4 heterocycles. The molecule has 2 aliphatic heterocycles. The summed E-state index contributed by atoms with van der Waals surface area (Å²) in [6.45, 7) is 7.58. The molecule has 0 unspecified atom stereocenters. The van der Waals surface area contributed by atoms with E-state index in [0.717, 1.165) is 48.3 Å². The van der Waals surface area contributed by atoms with Gasteiger partial charge < -0.3 is 19.7 Å². The Morgan fingerprint density at radius 3 is 2.66 bits per heavy atom. The first-order chi connectivity index (χ1) is 17.0. The summed E-state index contributed by atoms with van der Waals surface area (Å²) in [5.41, 5.74) is 0.928. The number of piperidine rings is 1. The number of rotatable bonds is 7. The molecule has 7 heteroatoms. The summed E-state index contributed by atoms with van der Waals surface area (Å²) in [5, 5.41) is 5.46. The van der Waals surface area contributed by atoms with Crippen LogP contribution in [0.3, 0.4) is 0 Å². The molecule has 0 radical (unpaired) electrons. The maximum atomic E-state index is 13.9. The molecule has 2 fully saturated rings. The van der Waals surface area contributed by atoms with Crippen molar-refractivity contribution in [3.8, 4) is 0 Å². The van der Waals surface area contributed by atoms with E-state index in [0.29, 0.717) is 19.1 Å². The fourth-order valence-electron chi connectivity index (χ4n) is 6.64. The van der Waals surface area contributed by atoms with Crippen molar-refractivity contribution < 1.29 is 9.59 Å². The van der Waals surface area contributed by atoms with Crippen LogP contribution in [0.25, 0.3) is 10.2 Å². The Hall–Kier alpha value is -1.86. The molecule has 0 bridgehead atoms. The average molecular weight is 499 g/mol. The first kappa shape index (κ1) is 24.8. The van der Waals surface area contributed by atoms with Crippen LogP contribution >= 0.6 is 11.3 Å². The summed E-state index contributed by atoms with van der Waals surface area (Å²) in [5.74, 6) is 0.0220. The van der Waals surface area contributed by atoms with Gasteiger partial charge in [-0.3, -0.25) is 9.59 Å². The van der Waals surface area contributed by atoms with E-state index in [1.54, 1.807) is 11.3 Å². The first-order valence-corrected chi connectivity index (χ1v) is 14.8. The van der Waals surface area contributed by atoms with Gasteiger partial charge in [0.25, 0.3) is 5.91 Å². The molecule has 3 aliphatic rings. The molecule has 1 aliphatic carbocycles. The molecule has 2 atom stereocenters. The third-order valence-corrected chi connectivity index (χ3v) is 9.63. The number of likely N-dealkylation sites (tertiary alicyclic amines) is 1. The second kappa shape index (κ2) is 10.6. The first-order valence-electron chi connectivity index (χ1n) is 13.9. The normalized spacial score (nSPS) is 26.6. The predicted molar refractivity (Wildman–Crippen MR) is 143 cm³/mol. The number of hydrogen-bond acceptors (Lipinski definition) is 4. The number of amides is 2. The fraction of sp³-hybridized carbons (Fsp3) is 0.714. The van der Waals surface area contributed by atoms with Crippen molar-refractivity contribution in [1.82, 2.24) is 19.7 Å². The Morgan fingerprint density at radius 1 is 1.11 bits per heavy atom. The van der Waals surface area contributed by atoms with E-state index < -0.39 is 5.54 Å². The Kier molecular flexibility index (Phi) is 7.54. The van der Waals surface area contributed by atoms with Crippen LogP contribution in [0.4, 0.5) is 0 Å². The summed E-state index contributed by atoms with van der Waals surface area (Å²) < 4.78 is 3.22. The van der Waals surface area contributed by atoms with E-state index >= 15 is 0 Å². The zero-order valence-corrected chi connectivity index (χ0v) is 22.4. The predicted octanol–water partition coefficient (Wildman–Crippen LogP) is 5.41. The summed E-state index contributed by atoms with van der Waals surface area (Å²) in [6.07, 6.45) is 12.9. The zero-order valence-electron chi connectivity index (χ0n) is 21.6. The van der Waals surface area contributed by atoms with Crippen LogP contribution in [0.15, 0.2) is 17.5 Å². The van der Waals surface area contributed by atoms with Crippen LogP contribution in [-0.4, -0.2) is 63.4 Å². The van der Waals surface area contributed by atoms with Crippen LogP contribution < -0.4 is 5.32 Å². The average Bonchev–Trinajstić information content (AvgIpc) is 3.36. The summed E-state index contributed by atoms with van der Waals surface area (Å²) >= 11 is 1.66. The summed E-state index contributed by atoms with van der Waals surface area (Å²) in [4.78, 5) is 32.3. The lowest BCUT2D eigenvalue weighted by molar-refractivity contribution is -0.133. The van der Waals surface area contributed by atoms with Gasteiger partial charge in [0, 0.05) is 25.2 Å². The van der Waals surface area contributed by atoms with Crippen LogP contribution in [0.5, 0.6) is 0 Å². The van der Waals surface area contributed by atoms with Gasteiger partial charge in [-0.1, -0.05) is 39.0 Å². The lowest BCUT2D eigenvalue weighted by atomic mass is 9.93. The largest absolute Gasteiger partial charge is 0.351 e. The van der Waals surface area contributed by atoms with Gasteiger partial charge in [0.15, 0.2) is 0 Å². The molecule has 192 valence electrons. The van der Waals surface area contributed by atoms with Gasteiger partial charge in [-0.05, 0) is 69.5 Å². The van der Waals surface area contributed by atoms with Crippen molar-refractivity contribution in [3.63, 3.8) is 0 Å². The minimum absolute atomic E-state index is 0.00357. The minimum Gasteiger partial charge on any atom is -0.351 e. The Labute approximate surface area is 214 Å². The highest BCUT2D eigenvalue weighted by molar-refractivity contribution is 7.17. The van der Waals surface area contributed by atoms with E-state index in [-0.39, 0.29) is 17.9 Å². The monoisotopic (exact) mass is 498 g/mol. The van der Waals surface area contributed by atoms with Crippen LogP contribution in [0, 0.1) is 0 Å². The van der Waals surface area contributed by atoms with Crippen LogP contribution in [0.2, 0.25) is 0 Å². The quantitative estimate of drug-likeness (QED) is 0.519. The zero-order chi connectivity index (χ0) is 24.4. The summed E-state index contributed by atoms with van der Waals surface area (Å²) in [7, 11) is 0. The smallest absolute Gasteiger partial charge is 0.271 e. The van der Waals surface area contributed by atoms with Crippen molar-refractivity contribution in [2.24, 2.45) is 0 Å². The fourth-order valence-corrected chi connectivity index (χ4v) is 7.46. The highest BCUT2D eigenvalue weighted by Crippen LogP contribution is 2.35. The number of aromatic nitrogens is 1. The molecule has 0 spiro atoms.